The Kier molecular flexibility index (Phi) is 27.9. The van der Waals surface area contributed by atoms with E-state index in [0.717, 1.165) is 69.5 Å². The van der Waals surface area contributed by atoms with Crippen molar-refractivity contribution >= 4 is 35.8 Å². The third-order valence-electron chi connectivity index (χ3n) is 16.2. The van der Waals surface area contributed by atoms with Gasteiger partial charge in [0.15, 0.2) is 24.8 Å². The largest absolute Gasteiger partial charge is 0.465 e. The highest BCUT2D eigenvalue weighted by molar-refractivity contribution is 5.79. The van der Waals surface area contributed by atoms with Gasteiger partial charge in [0.05, 0.1) is 72.4 Å². The topological polar surface area (TPSA) is 282 Å². The molecule has 0 saturated carbocycles. The zero-order valence-corrected chi connectivity index (χ0v) is 55.5. The molecule has 16 atom stereocenters. The maximum atomic E-state index is 15.3. The van der Waals surface area contributed by atoms with Crippen molar-refractivity contribution in [1.29, 1.82) is 0 Å². The standard InChI is InChI=1S/C74H85NO23/c1-47(76)75-62-58(91-49(3)78)37-74(73(82)83-6,97-67(62)65(93-51(5)80)61(92-50(4)79)46-86-48(2)77)98-68-63(81)71(94-59(44-84-38-52-25-13-7-14-26-52)64(68)87-40-54-29-17-9-18-30-54)96-66-60(45-85-39-53-27-15-8-16-28-53)95-72(90-43-57-35-23-12-24-36-57)70(89-42-56-33-21-11-22-34-56)69(66)88-41-55-31-19-10-20-32-55/h7-36,58-72,81H,37-46H2,1-6H3,(H,75,76)/t58-,59+,60+,61+,62+,63+,64+,65-,66+,67-,68-,69-,70-,71+,72+,74-/m1/s1. The molecule has 24 nitrogen and oxygen atoms in total. The first-order chi connectivity index (χ1) is 47.4. The molecule has 9 rings (SSSR count). The number of carbonyl (C=O) groups is 6. The minimum atomic E-state index is -2.91. The SMILES string of the molecule is COC(=O)[C@]1(O[C@@H]2[C@H](O)[C@H](O[C@@H]3[C@@H](OCc4ccccc4)[C@@H](OCc4ccccc4)[C@@H](OCc4ccccc4)O[C@H]3COCc3ccccc3)O[C@@H](COCc3ccccc3)[C@@H]2OCc2ccccc2)C[C@@H](OC(C)=O)[C@H](NC(C)=O)[C@H]([C@H](OC(C)=O)[C@H](COC(C)=O)OC(C)=O)O1. The lowest BCUT2D eigenvalue weighted by molar-refractivity contribution is -0.394. The van der Waals surface area contributed by atoms with Crippen LogP contribution >= 0.6 is 0 Å². The molecule has 2 N–H and O–H groups in total. The first-order valence-corrected chi connectivity index (χ1v) is 32.3. The van der Waals surface area contributed by atoms with Crippen LogP contribution in [0.25, 0.3) is 0 Å². The Morgan fingerprint density at radius 1 is 0.500 bits per heavy atom. The van der Waals surface area contributed by atoms with Gasteiger partial charge in [-0.05, 0) is 33.4 Å². The molecular weight excluding hydrogens is 1270 g/mol. The van der Waals surface area contributed by atoms with Gasteiger partial charge >= 0.3 is 29.8 Å². The Labute approximate surface area is 569 Å². The highest BCUT2D eigenvalue weighted by atomic mass is 16.8. The molecule has 1 amide bonds. The number of carbonyl (C=O) groups excluding carboxylic acids is 6. The third-order valence-corrected chi connectivity index (χ3v) is 16.2. The van der Waals surface area contributed by atoms with E-state index >= 15 is 4.79 Å². The normalized spacial score (nSPS) is 25.9. The smallest absolute Gasteiger partial charge is 0.366 e. The third kappa shape index (κ3) is 21.3. The second-order valence-corrected chi connectivity index (χ2v) is 23.8. The highest BCUT2D eigenvalue weighted by Gasteiger charge is 2.63. The summed E-state index contributed by atoms with van der Waals surface area (Å²) in [6.07, 6.45) is -22.6. The first-order valence-electron chi connectivity index (χ1n) is 32.3. The number of hydrogen-bond acceptors (Lipinski definition) is 23. The predicted octanol–water partition coefficient (Wildman–Crippen LogP) is 7.50. The number of aliphatic hydroxyl groups excluding tert-OH is 1. The van der Waals surface area contributed by atoms with Crippen molar-refractivity contribution in [3.8, 4) is 0 Å². The van der Waals surface area contributed by atoms with Gasteiger partial charge in [-0.15, -0.1) is 0 Å². The molecule has 6 aromatic rings. The van der Waals surface area contributed by atoms with Crippen molar-refractivity contribution in [2.24, 2.45) is 0 Å². The number of rotatable bonds is 33. The van der Waals surface area contributed by atoms with Crippen LogP contribution in [0.5, 0.6) is 0 Å². The van der Waals surface area contributed by atoms with Crippen LogP contribution in [-0.2, 0) is 144 Å². The van der Waals surface area contributed by atoms with Crippen LogP contribution in [0.4, 0.5) is 0 Å². The molecule has 3 fully saturated rings. The summed E-state index contributed by atoms with van der Waals surface area (Å²) < 4.78 is 104. The van der Waals surface area contributed by atoms with Gasteiger partial charge in [-0.2, -0.15) is 0 Å². The lowest BCUT2D eigenvalue weighted by Gasteiger charge is -2.52. The molecule has 0 bridgehead atoms. The summed E-state index contributed by atoms with van der Waals surface area (Å²) in [6.45, 7) is 4.25. The van der Waals surface area contributed by atoms with Crippen LogP contribution < -0.4 is 5.32 Å². The Balaban J connectivity index is 1.20. The fraction of sp³-hybridized carbons (Fsp3) is 0.432. The van der Waals surface area contributed by atoms with E-state index in [1.165, 1.54) is 0 Å². The summed E-state index contributed by atoms with van der Waals surface area (Å²) in [5.74, 6) is -8.66. The Morgan fingerprint density at radius 2 is 0.929 bits per heavy atom. The van der Waals surface area contributed by atoms with Gasteiger partial charge in [0.2, 0.25) is 5.91 Å². The zero-order chi connectivity index (χ0) is 69.4. The van der Waals surface area contributed by atoms with E-state index in [1.54, 1.807) is 24.3 Å². The Hall–Kier alpha value is -8.34. The van der Waals surface area contributed by atoms with Crippen molar-refractivity contribution in [1.82, 2.24) is 5.32 Å². The van der Waals surface area contributed by atoms with Gasteiger partial charge in [0, 0.05) is 34.6 Å². The molecule has 3 aliphatic heterocycles. The monoisotopic (exact) mass is 1360 g/mol. The number of methoxy groups -OCH3 is 1. The molecule has 6 aromatic carbocycles. The first kappa shape index (κ1) is 73.9. The van der Waals surface area contributed by atoms with E-state index in [0.29, 0.717) is 5.56 Å². The summed E-state index contributed by atoms with van der Waals surface area (Å²) in [5.41, 5.74) is 4.71. The van der Waals surface area contributed by atoms with E-state index in [-0.39, 0.29) is 52.9 Å². The fourth-order valence-electron chi connectivity index (χ4n) is 11.8. The van der Waals surface area contributed by atoms with Crippen LogP contribution in [0.15, 0.2) is 182 Å². The molecule has 98 heavy (non-hydrogen) atoms. The number of benzene rings is 6. The van der Waals surface area contributed by atoms with Crippen molar-refractivity contribution in [2.75, 3.05) is 26.9 Å². The van der Waals surface area contributed by atoms with Crippen LogP contribution in [0.3, 0.4) is 0 Å². The van der Waals surface area contributed by atoms with Gasteiger partial charge in [-0.1, -0.05) is 182 Å². The maximum Gasteiger partial charge on any atom is 0.366 e. The predicted molar refractivity (Wildman–Crippen MR) is 347 cm³/mol. The average molecular weight is 1360 g/mol. The van der Waals surface area contributed by atoms with Crippen molar-refractivity contribution in [2.45, 2.75) is 178 Å². The van der Waals surface area contributed by atoms with Gasteiger partial charge in [-0.3, -0.25) is 24.0 Å². The Bertz CT molecular complexity index is 3430. The van der Waals surface area contributed by atoms with Gasteiger partial charge < -0.3 is 86.2 Å². The quantitative estimate of drug-likeness (QED) is 0.0298. The summed E-state index contributed by atoms with van der Waals surface area (Å²) >= 11 is 0. The Morgan fingerprint density at radius 3 is 1.37 bits per heavy atom. The summed E-state index contributed by atoms with van der Waals surface area (Å²) in [7, 11) is 1.01. The fourth-order valence-corrected chi connectivity index (χ4v) is 11.8. The number of nitrogens with one attached hydrogen (secondary N) is 1. The number of aliphatic hydroxyl groups is 1. The van der Waals surface area contributed by atoms with Gasteiger partial charge in [0.1, 0.15) is 67.6 Å². The molecule has 0 spiro atoms. The molecule has 3 aliphatic rings. The summed E-state index contributed by atoms with van der Waals surface area (Å²) in [4.78, 5) is 80.7. The maximum absolute atomic E-state index is 15.3. The molecule has 3 saturated heterocycles. The van der Waals surface area contributed by atoms with Crippen LogP contribution in [-0.4, -0.2) is 165 Å². The zero-order valence-electron chi connectivity index (χ0n) is 55.5. The van der Waals surface area contributed by atoms with E-state index in [2.05, 4.69) is 5.32 Å². The number of hydrogen-bond donors (Lipinski definition) is 2. The number of ether oxygens (including phenoxy) is 16. The molecular formula is C74H85NO23. The average Bonchev–Trinajstić information content (AvgIpc) is 0.743. The van der Waals surface area contributed by atoms with Crippen molar-refractivity contribution in [3.63, 3.8) is 0 Å². The molecule has 0 unspecified atom stereocenters. The van der Waals surface area contributed by atoms with E-state index in [4.69, 9.17) is 75.8 Å². The van der Waals surface area contributed by atoms with Crippen molar-refractivity contribution < 1.29 is 110 Å². The lowest BCUT2D eigenvalue weighted by Crippen LogP contribution is -2.72. The summed E-state index contributed by atoms with van der Waals surface area (Å²) in [6, 6.07) is 54.6. The molecule has 0 radical (unpaired) electrons. The van der Waals surface area contributed by atoms with Crippen molar-refractivity contribution in [3.05, 3.63) is 215 Å². The molecule has 524 valence electrons. The molecule has 3 heterocycles. The molecule has 24 heteroatoms. The van der Waals surface area contributed by atoms with Crippen LogP contribution in [0.2, 0.25) is 0 Å². The minimum absolute atomic E-state index is 0.00138. The number of amides is 1. The van der Waals surface area contributed by atoms with Gasteiger partial charge in [0.25, 0.3) is 5.79 Å². The van der Waals surface area contributed by atoms with E-state index in [9.17, 15) is 29.1 Å². The molecule has 0 aliphatic carbocycles. The van der Waals surface area contributed by atoms with Crippen LogP contribution in [0.1, 0.15) is 74.4 Å². The lowest BCUT2D eigenvalue weighted by atomic mass is 9.87. The second kappa shape index (κ2) is 37.0. The van der Waals surface area contributed by atoms with E-state index < -0.39 is 146 Å². The van der Waals surface area contributed by atoms with Gasteiger partial charge in [-0.25, -0.2) is 4.79 Å². The van der Waals surface area contributed by atoms with E-state index in [1.807, 2.05) is 158 Å². The summed E-state index contributed by atoms with van der Waals surface area (Å²) in [5, 5.41) is 16.3. The van der Waals surface area contributed by atoms with Crippen LogP contribution in [0, 0.1) is 0 Å². The highest BCUT2D eigenvalue weighted by Crippen LogP contribution is 2.42. The second-order valence-electron chi connectivity index (χ2n) is 23.8. The molecule has 0 aromatic heterocycles. The minimum Gasteiger partial charge on any atom is -0.465 e. The number of esters is 5.